The quantitative estimate of drug-likeness (QED) is 0.562. The molecule has 0 aliphatic carbocycles. The van der Waals surface area contributed by atoms with Crippen molar-refractivity contribution in [3.05, 3.63) is 0 Å². The molecule has 2 N–H and O–H groups in total. The van der Waals surface area contributed by atoms with Crippen molar-refractivity contribution in [1.29, 1.82) is 0 Å². The average molecular weight is 145 g/mol. The van der Waals surface area contributed by atoms with Crippen molar-refractivity contribution in [2.75, 3.05) is 0 Å². The Morgan fingerprint density at radius 3 is 2.30 bits per heavy atom. The van der Waals surface area contributed by atoms with E-state index in [0.29, 0.717) is 6.04 Å². The standard InChI is InChI=1S/C8H19NO/c1-3-5-7-8(9-10)6-4-2/h8-10H,3-7H2,1-2H3. The van der Waals surface area contributed by atoms with Gasteiger partial charge in [-0.3, -0.25) is 0 Å². The van der Waals surface area contributed by atoms with E-state index in [0.717, 1.165) is 19.3 Å². The molecule has 2 nitrogen and oxygen atoms in total. The van der Waals surface area contributed by atoms with Crippen molar-refractivity contribution in [3.8, 4) is 0 Å². The van der Waals surface area contributed by atoms with Crippen LogP contribution in [0.1, 0.15) is 46.0 Å². The van der Waals surface area contributed by atoms with E-state index >= 15 is 0 Å². The number of rotatable bonds is 6. The first-order valence-electron chi connectivity index (χ1n) is 4.24. The third kappa shape index (κ3) is 4.77. The summed E-state index contributed by atoms with van der Waals surface area (Å²) in [7, 11) is 0. The molecular formula is C8H19NO. The molecule has 0 rings (SSSR count). The molecule has 0 aromatic carbocycles. The van der Waals surface area contributed by atoms with Crippen molar-refractivity contribution in [2.24, 2.45) is 0 Å². The highest BCUT2D eigenvalue weighted by atomic mass is 16.5. The predicted octanol–water partition coefficient (Wildman–Crippen LogP) is 2.32. The van der Waals surface area contributed by atoms with Gasteiger partial charge in [0.25, 0.3) is 0 Å². The van der Waals surface area contributed by atoms with Crippen molar-refractivity contribution in [1.82, 2.24) is 5.48 Å². The maximum atomic E-state index is 8.63. The lowest BCUT2D eigenvalue weighted by Crippen LogP contribution is -2.25. The summed E-state index contributed by atoms with van der Waals surface area (Å²) < 4.78 is 0. The molecule has 0 aliphatic rings. The molecule has 0 radical (unpaired) electrons. The summed E-state index contributed by atoms with van der Waals surface area (Å²) >= 11 is 0. The Labute approximate surface area is 63.6 Å². The molecule has 62 valence electrons. The normalized spacial score (nSPS) is 13.5. The Morgan fingerprint density at radius 1 is 1.20 bits per heavy atom. The zero-order valence-corrected chi connectivity index (χ0v) is 7.06. The first kappa shape index (κ1) is 9.92. The fraction of sp³-hybridized carbons (Fsp3) is 1.00. The molecule has 1 unspecified atom stereocenters. The van der Waals surface area contributed by atoms with Crippen molar-refractivity contribution < 1.29 is 5.21 Å². The summed E-state index contributed by atoms with van der Waals surface area (Å²) in [5.41, 5.74) is 2.34. The molecule has 0 aromatic rings. The van der Waals surface area contributed by atoms with E-state index in [2.05, 4.69) is 19.3 Å². The van der Waals surface area contributed by atoms with Gasteiger partial charge in [-0.1, -0.05) is 33.1 Å². The second kappa shape index (κ2) is 7.03. The molecule has 0 saturated heterocycles. The highest BCUT2D eigenvalue weighted by molar-refractivity contribution is 4.59. The Balaban J connectivity index is 3.21. The van der Waals surface area contributed by atoms with Gasteiger partial charge in [0.1, 0.15) is 0 Å². The number of hydroxylamine groups is 1. The number of hydrogen-bond acceptors (Lipinski definition) is 2. The van der Waals surface area contributed by atoms with Gasteiger partial charge in [-0.15, -0.1) is 0 Å². The first-order valence-corrected chi connectivity index (χ1v) is 4.24. The lowest BCUT2D eigenvalue weighted by molar-refractivity contribution is 0.116. The molecule has 0 aromatic heterocycles. The van der Waals surface area contributed by atoms with Crippen LogP contribution in [0.2, 0.25) is 0 Å². The minimum Gasteiger partial charge on any atom is -0.317 e. The predicted molar refractivity (Wildman–Crippen MR) is 43.1 cm³/mol. The number of nitrogens with one attached hydrogen (secondary N) is 1. The van der Waals surface area contributed by atoms with Gasteiger partial charge in [0.2, 0.25) is 0 Å². The molecule has 0 fully saturated rings. The Kier molecular flexibility index (Phi) is 6.98. The molecule has 0 bridgehead atoms. The average Bonchev–Trinajstić information content (AvgIpc) is 1.98. The molecule has 2 heteroatoms. The van der Waals surface area contributed by atoms with E-state index in [1.165, 1.54) is 12.8 Å². The van der Waals surface area contributed by atoms with Crippen molar-refractivity contribution >= 4 is 0 Å². The minimum absolute atomic E-state index is 0.324. The van der Waals surface area contributed by atoms with E-state index in [9.17, 15) is 0 Å². The van der Waals surface area contributed by atoms with Crippen LogP contribution in [0, 0.1) is 0 Å². The molecule has 1 atom stereocenters. The molecule has 0 aliphatic heterocycles. The second-order valence-electron chi connectivity index (χ2n) is 2.76. The summed E-state index contributed by atoms with van der Waals surface area (Å²) in [5, 5.41) is 8.63. The lowest BCUT2D eigenvalue weighted by Gasteiger charge is -2.12. The highest BCUT2D eigenvalue weighted by Gasteiger charge is 2.03. The van der Waals surface area contributed by atoms with Crippen LogP contribution < -0.4 is 5.48 Å². The number of hydrogen-bond donors (Lipinski definition) is 2. The van der Waals surface area contributed by atoms with Gasteiger partial charge in [-0.2, -0.15) is 0 Å². The fourth-order valence-corrected chi connectivity index (χ4v) is 1.07. The second-order valence-corrected chi connectivity index (χ2v) is 2.76. The van der Waals surface area contributed by atoms with Gasteiger partial charge in [0.05, 0.1) is 0 Å². The van der Waals surface area contributed by atoms with Gasteiger partial charge < -0.3 is 5.21 Å². The van der Waals surface area contributed by atoms with Crippen molar-refractivity contribution in [2.45, 2.75) is 52.0 Å². The molecule has 10 heavy (non-hydrogen) atoms. The maximum absolute atomic E-state index is 8.63. The zero-order chi connectivity index (χ0) is 7.82. The van der Waals surface area contributed by atoms with Gasteiger partial charge >= 0.3 is 0 Å². The fourth-order valence-electron chi connectivity index (χ4n) is 1.07. The van der Waals surface area contributed by atoms with E-state index in [1.54, 1.807) is 0 Å². The summed E-state index contributed by atoms with van der Waals surface area (Å²) in [4.78, 5) is 0. The van der Waals surface area contributed by atoms with E-state index in [1.807, 2.05) is 0 Å². The molecular weight excluding hydrogens is 126 g/mol. The first-order chi connectivity index (χ1) is 4.85. The minimum atomic E-state index is 0.324. The third-order valence-corrected chi connectivity index (χ3v) is 1.73. The molecule has 0 spiro atoms. The van der Waals surface area contributed by atoms with E-state index < -0.39 is 0 Å². The molecule has 0 amide bonds. The third-order valence-electron chi connectivity index (χ3n) is 1.73. The van der Waals surface area contributed by atoms with Gasteiger partial charge in [-0.05, 0) is 12.8 Å². The maximum Gasteiger partial charge on any atom is 0.0319 e. The summed E-state index contributed by atoms with van der Waals surface area (Å²) in [6.07, 6.45) is 5.74. The van der Waals surface area contributed by atoms with Crippen LogP contribution in [0.4, 0.5) is 0 Å². The van der Waals surface area contributed by atoms with Crippen LogP contribution in [0.25, 0.3) is 0 Å². The summed E-state index contributed by atoms with van der Waals surface area (Å²) in [5.74, 6) is 0. The molecule has 0 heterocycles. The molecule has 0 saturated carbocycles. The van der Waals surface area contributed by atoms with Crippen LogP contribution in [0.5, 0.6) is 0 Å². The van der Waals surface area contributed by atoms with E-state index in [4.69, 9.17) is 5.21 Å². The monoisotopic (exact) mass is 145 g/mol. The SMILES string of the molecule is CCCCC(CCC)NO. The Hall–Kier alpha value is -0.0800. The number of unbranched alkanes of at least 4 members (excludes halogenated alkanes) is 1. The Morgan fingerprint density at radius 2 is 1.90 bits per heavy atom. The van der Waals surface area contributed by atoms with Crippen molar-refractivity contribution in [3.63, 3.8) is 0 Å². The van der Waals surface area contributed by atoms with Crippen LogP contribution in [-0.2, 0) is 0 Å². The van der Waals surface area contributed by atoms with Crippen LogP contribution in [0.15, 0.2) is 0 Å². The summed E-state index contributed by atoms with van der Waals surface area (Å²) in [6.45, 7) is 4.30. The topological polar surface area (TPSA) is 32.3 Å². The Bertz CT molecular complexity index is 66.3. The van der Waals surface area contributed by atoms with Crippen LogP contribution in [0.3, 0.4) is 0 Å². The van der Waals surface area contributed by atoms with Gasteiger partial charge in [0.15, 0.2) is 0 Å². The largest absolute Gasteiger partial charge is 0.317 e. The van der Waals surface area contributed by atoms with Crippen LogP contribution in [-0.4, -0.2) is 11.2 Å². The smallest absolute Gasteiger partial charge is 0.0319 e. The zero-order valence-electron chi connectivity index (χ0n) is 7.06. The highest BCUT2D eigenvalue weighted by Crippen LogP contribution is 2.05. The lowest BCUT2D eigenvalue weighted by atomic mass is 10.1. The summed E-state index contributed by atoms with van der Waals surface area (Å²) in [6, 6.07) is 0.324. The van der Waals surface area contributed by atoms with Gasteiger partial charge in [0, 0.05) is 6.04 Å². The van der Waals surface area contributed by atoms with Crippen LogP contribution >= 0.6 is 0 Å². The van der Waals surface area contributed by atoms with E-state index in [-0.39, 0.29) is 0 Å². The van der Waals surface area contributed by atoms with Gasteiger partial charge in [-0.25, -0.2) is 5.48 Å².